The van der Waals surface area contributed by atoms with Crippen molar-refractivity contribution in [1.82, 2.24) is 20.0 Å². The Morgan fingerprint density at radius 3 is 2.55 bits per heavy atom. The van der Waals surface area contributed by atoms with Crippen LogP contribution in [0.2, 0.25) is 0 Å². The number of rotatable bonds is 9. The second-order valence-corrected chi connectivity index (χ2v) is 9.07. The molecule has 0 radical (unpaired) electrons. The molecule has 0 aliphatic heterocycles. The second-order valence-electron chi connectivity index (χ2n) is 7.31. The van der Waals surface area contributed by atoms with Crippen molar-refractivity contribution in [3.8, 4) is 6.07 Å². The highest BCUT2D eigenvalue weighted by Gasteiger charge is 2.24. The molecule has 1 aromatic heterocycles. The second kappa shape index (κ2) is 9.73. The Kier molecular flexibility index (Phi) is 7.05. The highest BCUT2D eigenvalue weighted by Crippen LogP contribution is 2.25. The molecule has 0 saturated heterocycles. The average Bonchev–Trinajstić information content (AvgIpc) is 3.21. The predicted molar refractivity (Wildman–Crippen MR) is 118 cm³/mol. The van der Waals surface area contributed by atoms with Crippen LogP contribution in [-0.4, -0.2) is 30.8 Å². The molecule has 0 bridgehead atoms. The van der Waals surface area contributed by atoms with Gasteiger partial charge in [-0.05, 0) is 42.3 Å². The molecule has 2 atom stereocenters. The van der Waals surface area contributed by atoms with E-state index in [-0.39, 0.29) is 35.7 Å². The summed E-state index contributed by atoms with van der Waals surface area (Å²) >= 11 is 0. The highest BCUT2D eigenvalue weighted by atomic mass is 32.2. The Morgan fingerprint density at radius 1 is 1.19 bits per heavy atom. The first kappa shape index (κ1) is 22.5. The number of carbonyl (C=O) groups excluding carboxylic acids is 1. The van der Waals surface area contributed by atoms with E-state index < -0.39 is 10.0 Å². The minimum Gasteiger partial charge on any atom is -0.342 e. The smallest absolute Gasteiger partial charge is 0.251 e. The summed E-state index contributed by atoms with van der Waals surface area (Å²) < 4.78 is 26.8. The quantitative estimate of drug-likeness (QED) is 0.441. The first-order valence-corrected chi connectivity index (χ1v) is 11.6. The summed E-state index contributed by atoms with van der Waals surface area (Å²) in [6, 6.07) is 14.9. The van der Waals surface area contributed by atoms with E-state index in [1.54, 1.807) is 0 Å². The number of aromatic amines is 1. The van der Waals surface area contributed by atoms with Gasteiger partial charge in [0.2, 0.25) is 10.0 Å². The first-order chi connectivity index (χ1) is 14.9. The van der Waals surface area contributed by atoms with Crippen LogP contribution in [0.5, 0.6) is 0 Å². The third kappa shape index (κ3) is 5.29. The SMILES string of the molecule is CCC(C)C(NC(=O)c1ccc(S(=O)(=O)NCCC#N)cc1)c1nc2ccccc2[nH]1. The summed E-state index contributed by atoms with van der Waals surface area (Å²) in [5, 5.41) is 11.6. The van der Waals surface area contributed by atoms with E-state index in [2.05, 4.69) is 20.0 Å². The number of imidazole rings is 1. The fraction of sp³-hybridized carbons (Fsp3) is 0.318. The van der Waals surface area contributed by atoms with Gasteiger partial charge in [0.1, 0.15) is 5.82 Å². The Hall–Kier alpha value is -3.22. The molecular weight excluding hydrogens is 414 g/mol. The summed E-state index contributed by atoms with van der Waals surface area (Å²) in [6.07, 6.45) is 0.923. The van der Waals surface area contributed by atoms with Crippen LogP contribution in [0, 0.1) is 17.2 Å². The highest BCUT2D eigenvalue weighted by molar-refractivity contribution is 7.89. The van der Waals surface area contributed by atoms with Crippen molar-refractivity contribution < 1.29 is 13.2 Å². The van der Waals surface area contributed by atoms with Gasteiger partial charge in [0.05, 0.1) is 28.0 Å². The standard InChI is InChI=1S/C22H25N5O3S/c1-3-15(2)20(21-25-18-7-4-5-8-19(18)26-21)27-22(28)16-9-11-17(12-10-16)31(29,30)24-14-6-13-23/h4-5,7-12,15,20,24H,3,6,14H2,1-2H3,(H,25,26)(H,27,28). The normalized spacial score (nSPS) is 13.5. The molecule has 2 aromatic carbocycles. The van der Waals surface area contributed by atoms with E-state index in [9.17, 15) is 13.2 Å². The van der Waals surface area contributed by atoms with E-state index in [1.807, 2.05) is 44.2 Å². The van der Waals surface area contributed by atoms with Crippen molar-refractivity contribution in [2.45, 2.75) is 37.6 Å². The number of nitrogens with zero attached hydrogens (tertiary/aromatic N) is 2. The lowest BCUT2D eigenvalue weighted by atomic mass is 9.98. The Bertz CT molecular complexity index is 1160. The molecule has 0 fully saturated rings. The minimum atomic E-state index is -3.72. The van der Waals surface area contributed by atoms with E-state index in [4.69, 9.17) is 5.26 Å². The summed E-state index contributed by atoms with van der Waals surface area (Å²) in [6.45, 7) is 4.13. The molecule has 31 heavy (non-hydrogen) atoms. The molecule has 1 heterocycles. The van der Waals surface area contributed by atoms with Gasteiger partial charge in [-0.25, -0.2) is 18.1 Å². The van der Waals surface area contributed by atoms with Gasteiger partial charge in [-0.1, -0.05) is 32.4 Å². The first-order valence-electron chi connectivity index (χ1n) is 10.1. The van der Waals surface area contributed by atoms with Crippen LogP contribution in [0.3, 0.4) is 0 Å². The van der Waals surface area contributed by atoms with Crippen molar-refractivity contribution in [2.75, 3.05) is 6.54 Å². The number of aromatic nitrogens is 2. The number of H-pyrrole nitrogens is 1. The number of sulfonamides is 1. The van der Waals surface area contributed by atoms with Gasteiger partial charge in [-0.15, -0.1) is 0 Å². The number of benzene rings is 2. The van der Waals surface area contributed by atoms with Crippen LogP contribution in [0.15, 0.2) is 53.4 Å². The summed E-state index contributed by atoms with van der Waals surface area (Å²) in [5.41, 5.74) is 2.08. The molecule has 3 rings (SSSR count). The summed E-state index contributed by atoms with van der Waals surface area (Å²) in [7, 11) is -3.72. The molecule has 2 unspecified atom stereocenters. The van der Waals surface area contributed by atoms with E-state index in [0.29, 0.717) is 11.4 Å². The number of para-hydroxylation sites is 2. The monoisotopic (exact) mass is 439 g/mol. The number of fused-ring (bicyclic) bond motifs is 1. The van der Waals surface area contributed by atoms with Crippen molar-refractivity contribution in [1.29, 1.82) is 5.26 Å². The summed E-state index contributed by atoms with van der Waals surface area (Å²) in [4.78, 5) is 20.8. The molecular formula is C22H25N5O3S. The lowest BCUT2D eigenvalue weighted by Gasteiger charge is -2.22. The summed E-state index contributed by atoms with van der Waals surface area (Å²) in [5.74, 6) is 0.505. The van der Waals surface area contributed by atoms with E-state index >= 15 is 0 Å². The third-order valence-corrected chi connectivity index (χ3v) is 6.63. The topological polar surface area (TPSA) is 128 Å². The third-order valence-electron chi connectivity index (χ3n) is 5.16. The van der Waals surface area contributed by atoms with Crippen molar-refractivity contribution in [2.24, 2.45) is 5.92 Å². The zero-order valence-corrected chi connectivity index (χ0v) is 18.2. The molecule has 9 heteroatoms. The average molecular weight is 440 g/mol. The Labute approximate surface area is 181 Å². The number of nitrogens with one attached hydrogen (secondary N) is 3. The molecule has 162 valence electrons. The number of carbonyl (C=O) groups is 1. The molecule has 0 aliphatic carbocycles. The minimum absolute atomic E-state index is 0.0369. The van der Waals surface area contributed by atoms with Crippen LogP contribution < -0.4 is 10.0 Å². The number of hydrogen-bond acceptors (Lipinski definition) is 5. The van der Waals surface area contributed by atoms with Gasteiger partial charge in [-0.3, -0.25) is 4.79 Å². The van der Waals surface area contributed by atoms with Crippen LogP contribution in [0.4, 0.5) is 0 Å². The molecule has 0 spiro atoms. The molecule has 1 amide bonds. The molecule has 3 N–H and O–H groups in total. The zero-order valence-electron chi connectivity index (χ0n) is 17.4. The Balaban J connectivity index is 1.78. The maximum absolute atomic E-state index is 12.9. The number of amides is 1. The van der Waals surface area contributed by atoms with Crippen LogP contribution >= 0.6 is 0 Å². The van der Waals surface area contributed by atoms with Crippen molar-refractivity contribution in [3.63, 3.8) is 0 Å². The fourth-order valence-corrected chi connectivity index (χ4v) is 4.20. The lowest BCUT2D eigenvalue weighted by Crippen LogP contribution is -2.33. The van der Waals surface area contributed by atoms with Crippen molar-refractivity contribution in [3.05, 3.63) is 59.9 Å². The molecule has 3 aromatic rings. The van der Waals surface area contributed by atoms with Crippen LogP contribution in [0.1, 0.15) is 48.9 Å². The van der Waals surface area contributed by atoms with Gasteiger partial charge >= 0.3 is 0 Å². The molecule has 8 nitrogen and oxygen atoms in total. The van der Waals surface area contributed by atoms with E-state index in [0.717, 1.165) is 17.5 Å². The number of hydrogen-bond donors (Lipinski definition) is 3. The van der Waals surface area contributed by atoms with Crippen LogP contribution in [0.25, 0.3) is 11.0 Å². The Morgan fingerprint density at radius 2 is 1.90 bits per heavy atom. The van der Waals surface area contributed by atoms with Crippen molar-refractivity contribution >= 4 is 27.0 Å². The van der Waals surface area contributed by atoms with Gasteiger partial charge < -0.3 is 10.3 Å². The molecule has 0 aliphatic rings. The molecule has 0 saturated carbocycles. The maximum atomic E-state index is 12.9. The predicted octanol–water partition coefficient (Wildman–Crippen LogP) is 3.27. The fourth-order valence-electron chi connectivity index (χ4n) is 3.17. The van der Waals surface area contributed by atoms with Gasteiger partial charge in [0.25, 0.3) is 5.91 Å². The van der Waals surface area contributed by atoms with Gasteiger partial charge in [-0.2, -0.15) is 5.26 Å². The lowest BCUT2D eigenvalue weighted by molar-refractivity contribution is 0.0920. The van der Waals surface area contributed by atoms with Gasteiger partial charge in [0, 0.05) is 18.5 Å². The maximum Gasteiger partial charge on any atom is 0.251 e. The van der Waals surface area contributed by atoms with E-state index in [1.165, 1.54) is 24.3 Å². The largest absolute Gasteiger partial charge is 0.342 e. The number of nitriles is 1. The zero-order chi connectivity index (χ0) is 22.4. The van der Waals surface area contributed by atoms with Gasteiger partial charge in [0.15, 0.2) is 0 Å². The van der Waals surface area contributed by atoms with Crippen LogP contribution in [-0.2, 0) is 10.0 Å².